The second-order valence-corrected chi connectivity index (χ2v) is 6.42. The Bertz CT molecular complexity index is 820. The smallest absolute Gasteiger partial charge is 0.172 e. The molecule has 0 N–H and O–H groups in total. The van der Waals surface area contributed by atoms with Gasteiger partial charge in [0.2, 0.25) is 0 Å². The first-order valence-electron chi connectivity index (χ1n) is 8.72. The van der Waals surface area contributed by atoms with Crippen LogP contribution in [0.1, 0.15) is 48.1 Å². The fraction of sp³-hybridized carbons (Fsp3) is 0.444. The van der Waals surface area contributed by atoms with Gasteiger partial charge in [0, 0.05) is 6.61 Å². The first-order chi connectivity index (χ1) is 12.3. The minimum atomic E-state index is 0.0229. The molecule has 0 saturated carbocycles. The summed E-state index contributed by atoms with van der Waals surface area (Å²) in [6.45, 7) is 4.13. The standard InChI is InChI=1S/C18H22N6O/c1-14-6-2-3-7-15(14)10-24-18(16-8-4-5-9-25-16)21-17(22-24)11-23-13-19-12-20-23/h2-3,6-7,12-13,16H,4-5,8-11H2,1H3/t16-/m1/s1. The molecule has 1 fully saturated rings. The molecule has 1 atom stereocenters. The summed E-state index contributed by atoms with van der Waals surface area (Å²) in [5, 5.41) is 8.88. The molecule has 1 aliphatic heterocycles. The topological polar surface area (TPSA) is 70.7 Å². The van der Waals surface area contributed by atoms with Crippen molar-refractivity contribution in [3.63, 3.8) is 0 Å². The lowest BCUT2D eigenvalue weighted by atomic mass is 10.1. The van der Waals surface area contributed by atoms with Crippen molar-refractivity contribution in [2.45, 2.75) is 45.4 Å². The zero-order chi connectivity index (χ0) is 17.1. The average Bonchev–Trinajstić information content (AvgIpc) is 3.28. The number of benzene rings is 1. The highest BCUT2D eigenvalue weighted by molar-refractivity contribution is 5.26. The van der Waals surface area contributed by atoms with Crippen LogP contribution in [0.3, 0.4) is 0 Å². The van der Waals surface area contributed by atoms with Gasteiger partial charge in [-0.1, -0.05) is 24.3 Å². The zero-order valence-electron chi connectivity index (χ0n) is 14.4. The van der Waals surface area contributed by atoms with Crippen LogP contribution in [0.5, 0.6) is 0 Å². The van der Waals surface area contributed by atoms with Crippen molar-refractivity contribution in [2.24, 2.45) is 0 Å². The molecule has 3 aromatic rings. The Kier molecular flexibility index (Phi) is 4.56. The normalized spacial score (nSPS) is 17.7. The summed E-state index contributed by atoms with van der Waals surface area (Å²) in [7, 11) is 0. The molecule has 0 aliphatic carbocycles. The summed E-state index contributed by atoms with van der Waals surface area (Å²) in [6, 6.07) is 8.38. The number of rotatable bonds is 5. The number of ether oxygens (including phenoxy) is 1. The maximum Gasteiger partial charge on any atom is 0.172 e. The molecule has 0 unspecified atom stereocenters. The highest BCUT2D eigenvalue weighted by atomic mass is 16.5. The van der Waals surface area contributed by atoms with Crippen LogP contribution >= 0.6 is 0 Å². The predicted octanol–water partition coefficient (Wildman–Crippen LogP) is 2.52. The second-order valence-electron chi connectivity index (χ2n) is 6.42. The molecular weight excluding hydrogens is 316 g/mol. The molecule has 130 valence electrons. The Morgan fingerprint density at radius 3 is 2.88 bits per heavy atom. The maximum absolute atomic E-state index is 5.96. The fourth-order valence-electron chi connectivity index (χ4n) is 3.18. The third-order valence-corrected chi connectivity index (χ3v) is 4.56. The molecule has 0 bridgehead atoms. The lowest BCUT2D eigenvalue weighted by Crippen LogP contribution is -2.18. The van der Waals surface area contributed by atoms with Crippen molar-refractivity contribution in [3.8, 4) is 0 Å². The third-order valence-electron chi connectivity index (χ3n) is 4.56. The van der Waals surface area contributed by atoms with Crippen molar-refractivity contribution < 1.29 is 4.74 Å². The third kappa shape index (κ3) is 3.61. The number of hydrogen-bond acceptors (Lipinski definition) is 5. The summed E-state index contributed by atoms with van der Waals surface area (Å²) >= 11 is 0. The van der Waals surface area contributed by atoms with E-state index >= 15 is 0 Å². The number of aryl methyl sites for hydroxylation is 1. The van der Waals surface area contributed by atoms with Gasteiger partial charge in [0.25, 0.3) is 0 Å². The molecule has 0 spiro atoms. The molecular formula is C18H22N6O. The van der Waals surface area contributed by atoms with Crippen LogP contribution in [0, 0.1) is 6.92 Å². The maximum atomic E-state index is 5.96. The predicted molar refractivity (Wildman–Crippen MR) is 92.0 cm³/mol. The highest BCUT2D eigenvalue weighted by Crippen LogP contribution is 2.27. The summed E-state index contributed by atoms with van der Waals surface area (Å²) in [4.78, 5) is 8.75. The Hall–Kier alpha value is -2.54. The Morgan fingerprint density at radius 1 is 1.20 bits per heavy atom. The Labute approximate surface area is 146 Å². The van der Waals surface area contributed by atoms with E-state index in [9.17, 15) is 0 Å². The zero-order valence-corrected chi connectivity index (χ0v) is 14.4. The van der Waals surface area contributed by atoms with E-state index in [1.165, 1.54) is 23.9 Å². The van der Waals surface area contributed by atoms with Crippen molar-refractivity contribution in [3.05, 3.63) is 59.7 Å². The van der Waals surface area contributed by atoms with Crippen LogP contribution < -0.4 is 0 Å². The first-order valence-corrected chi connectivity index (χ1v) is 8.72. The van der Waals surface area contributed by atoms with E-state index in [2.05, 4.69) is 41.3 Å². The van der Waals surface area contributed by atoms with E-state index in [1.807, 2.05) is 4.68 Å². The van der Waals surface area contributed by atoms with Crippen LogP contribution in [0.4, 0.5) is 0 Å². The van der Waals surface area contributed by atoms with E-state index in [0.29, 0.717) is 13.1 Å². The molecule has 1 aromatic carbocycles. The quantitative estimate of drug-likeness (QED) is 0.715. The van der Waals surface area contributed by atoms with Crippen LogP contribution in [0.25, 0.3) is 0 Å². The number of hydrogen-bond donors (Lipinski definition) is 0. The van der Waals surface area contributed by atoms with E-state index in [4.69, 9.17) is 14.8 Å². The molecule has 3 heterocycles. The van der Waals surface area contributed by atoms with E-state index in [-0.39, 0.29) is 6.10 Å². The van der Waals surface area contributed by atoms with Gasteiger partial charge in [-0.2, -0.15) is 10.2 Å². The van der Waals surface area contributed by atoms with Gasteiger partial charge in [0.05, 0.1) is 6.54 Å². The molecule has 7 nitrogen and oxygen atoms in total. The Morgan fingerprint density at radius 2 is 2.12 bits per heavy atom. The SMILES string of the molecule is Cc1ccccc1Cn1nc(Cn2cncn2)nc1[C@H]1CCCCO1. The van der Waals surface area contributed by atoms with Gasteiger partial charge in [0.1, 0.15) is 25.3 Å². The lowest BCUT2D eigenvalue weighted by molar-refractivity contribution is 0.00694. The summed E-state index contributed by atoms with van der Waals surface area (Å²) in [5.41, 5.74) is 2.50. The van der Waals surface area contributed by atoms with Crippen molar-refractivity contribution >= 4 is 0 Å². The molecule has 0 amide bonds. The monoisotopic (exact) mass is 338 g/mol. The molecule has 25 heavy (non-hydrogen) atoms. The molecule has 4 rings (SSSR count). The number of nitrogens with zero attached hydrogens (tertiary/aromatic N) is 6. The summed E-state index contributed by atoms with van der Waals surface area (Å²) < 4.78 is 9.69. The van der Waals surface area contributed by atoms with Crippen LogP contribution in [-0.4, -0.2) is 36.1 Å². The van der Waals surface area contributed by atoms with Gasteiger partial charge < -0.3 is 4.74 Å². The molecule has 7 heteroatoms. The van der Waals surface area contributed by atoms with Gasteiger partial charge in [-0.05, 0) is 37.3 Å². The van der Waals surface area contributed by atoms with Crippen molar-refractivity contribution in [1.29, 1.82) is 0 Å². The van der Waals surface area contributed by atoms with Gasteiger partial charge in [0.15, 0.2) is 11.6 Å². The molecule has 2 aromatic heterocycles. The fourth-order valence-corrected chi connectivity index (χ4v) is 3.18. The summed E-state index contributed by atoms with van der Waals surface area (Å²) in [6.07, 6.45) is 6.51. The van der Waals surface area contributed by atoms with Gasteiger partial charge in [-0.3, -0.25) is 0 Å². The largest absolute Gasteiger partial charge is 0.370 e. The average molecular weight is 338 g/mol. The molecule has 0 radical (unpaired) electrons. The van der Waals surface area contributed by atoms with Gasteiger partial charge >= 0.3 is 0 Å². The van der Waals surface area contributed by atoms with Crippen LogP contribution in [0.2, 0.25) is 0 Å². The minimum absolute atomic E-state index is 0.0229. The second kappa shape index (κ2) is 7.14. The van der Waals surface area contributed by atoms with Gasteiger partial charge in [-0.25, -0.2) is 19.3 Å². The van der Waals surface area contributed by atoms with E-state index in [0.717, 1.165) is 31.1 Å². The lowest BCUT2D eigenvalue weighted by Gasteiger charge is -2.22. The summed E-state index contributed by atoms with van der Waals surface area (Å²) in [5.74, 6) is 1.65. The van der Waals surface area contributed by atoms with Gasteiger partial charge in [-0.15, -0.1) is 0 Å². The minimum Gasteiger partial charge on any atom is -0.370 e. The molecule has 1 saturated heterocycles. The van der Waals surface area contributed by atoms with Crippen molar-refractivity contribution in [1.82, 2.24) is 29.5 Å². The van der Waals surface area contributed by atoms with Crippen LogP contribution in [0.15, 0.2) is 36.9 Å². The highest BCUT2D eigenvalue weighted by Gasteiger charge is 2.23. The number of aromatic nitrogens is 6. The Balaban J connectivity index is 1.64. The van der Waals surface area contributed by atoms with Crippen molar-refractivity contribution in [2.75, 3.05) is 6.61 Å². The van der Waals surface area contributed by atoms with E-state index in [1.54, 1.807) is 11.0 Å². The van der Waals surface area contributed by atoms with Crippen LogP contribution in [-0.2, 0) is 17.8 Å². The molecule has 1 aliphatic rings. The van der Waals surface area contributed by atoms with E-state index < -0.39 is 0 Å². The first kappa shape index (κ1) is 16.0.